The molecule has 1 aromatic carbocycles. The van der Waals surface area contributed by atoms with Crippen molar-refractivity contribution in [1.29, 1.82) is 0 Å². The molecule has 1 fully saturated rings. The van der Waals surface area contributed by atoms with E-state index in [0.717, 1.165) is 12.0 Å². The van der Waals surface area contributed by atoms with Gasteiger partial charge >= 0.3 is 0 Å². The van der Waals surface area contributed by atoms with E-state index in [1.807, 2.05) is 19.1 Å². The molecule has 18 heavy (non-hydrogen) atoms. The van der Waals surface area contributed by atoms with Crippen LogP contribution in [0.2, 0.25) is 0 Å². The Labute approximate surface area is 109 Å². The van der Waals surface area contributed by atoms with Crippen LogP contribution in [0.25, 0.3) is 0 Å². The quantitative estimate of drug-likeness (QED) is 0.915. The maximum atomic E-state index is 12.4. The zero-order chi connectivity index (χ0) is 13.2. The highest BCUT2D eigenvalue weighted by atomic mass is 32.2. The first-order chi connectivity index (χ1) is 8.54. The molecular formula is C14H20O3S. The summed E-state index contributed by atoms with van der Waals surface area (Å²) >= 11 is 0. The lowest BCUT2D eigenvalue weighted by Gasteiger charge is -2.25. The normalized spacial score (nSPS) is 25.0. The number of hydrogen-bond acceptors (Lipinski definition) is 3. The van der Waals surface area contributed by atoms with Gasteiger partial charge in [0.25, 0.3) is 0 Å². The molecule has 0 bridgehead atoms. The molecule has 0 heterocycles. The number of sulfone groups is 1. The van der Waals surface area contributed by atoms with Crippen molar-refractivity contribution < 1.29 is 13.5 Å². The van der Waals surface area contributed by atoms with E-state index in [-0.39, 0.29) is 11.4 Å². The zero-order valence-electron chi connectivity index (χ0n) is 10.7. The van der Waals surface area contributed by atoms with Crippen molar-refractivity contribution in [1.82, 2.24) is 0 Å². The minimum atomic E-state index is -3.22. The summed E-state index contributed by atoms with van der Waals surface area (Å²) in [6, 6.07) is 7.17. The van der Waals surface area contributed by atoms with E-state index < -0.39 is 9.84 Å². The maximum Gasteiger partial charge on any atom is 0.181 e. The van der Waals surface area contributed by atoms with Gasteiger partial charge in [-0.05, 0) is 49.8 Å². The molecule has 0 spiro atoms. The molecule has 0 atom stereocenters. The van der Waals surface area contributed by atoms with Crippen LogP contribution in [0.1, 0.15) is 38.2 Å². The molecule has 1 aliphatic carbocycles. The Morgan fingerprint density at radius 2 is 1.67 bits per heavy atom. The van der Waals surface area contributed by atoms with E-state index in [1.165, 1.54) is 0 Å². The Morgan fingerprint density at radius 3 is 2.17 bits per heavy atom. The largest absolute Gasteiger partial charge is 0.393 e. The van der Waals surface area contributed by atoms with Crippen LogP contribution in [-0.2, 0) is 16.3 Å². The Bertz CT molecular complexity index is 482. The molecule has 0 aromatic heterocycles. The van der Waals surface area contributed by atoms with Gasteiger partial charge in [-0.15, -0.1) is 0 Å². The van der Waals surface area contributed by atoms with Crippen LogP contribution in [0.3, 0.4) is 0 Å². The monoisotopic (exact) mass is 268 g/mol. The van der Waals surface area contributed by atoms with Crippen LogP contribution >= 0.6 is 0 Å². The van der Waals surface area contributed by atoms with Gasteiger partial charge in [0.1, 0.15) is 0 Å². The van der Waals surface area contributed by atoms with Crippen LogP contribution in [0.15, 0.2) is 29.2 Å². The van der Waals surface area contributed by atoms with Crippen LogP contribution < -0.4 is 0 Å². The Morgan fingerprint density at radius 1 is 1.11 bits per heavy atom. The minimum absolute atomic E-state index is 0.320. The van der Waals surface area contributed by atoms with Crippen molar-refractivity contribution in [2.75, 3.05) is 0 Å². The predicted octanol–water partition coefficient (Wildman–Crippen LogP) is 2.33. The summed E-state index contributed by atoms with van der Waals surface area (Å²) in [6.45, 7) is 2.05. The Kier molecular flexibility index (Phi) is 4.07. The molecule has 100 valence electrons. The second-order valence-corrected chi connectivity index (χ2v) is 7.20. The van der Waals surface area contributed by atoms with Gasteiger partial charge in [0.15, 0.2) is 9.84 Å². The van der Waals surface area contributed by atoms with Crippen LogP contribution in [0.5, 0.6) is 0 Å². The summed E-state index contributed by atoms with van der Waals surface area (Å²) in [5.41, 5.74) is 1.15. The molecule has 3 nitrogen and oxygen atoms in total. The van der Waals surface area contributed by atoms with Crippen molar-refractivity contribution in [2.24, 2.45) is 0 Å². The van der Waals surface area contributed by atoms with E-state index in [2.05, 4.69) is 0 Å². The van der Waals surface area contributed by atoms with Crippen LogP contribution in [-0.4, -0.2) is 24.9 Å². The minimum Gasteiger partial charge on any atom is -0.393 e. The summed E-state index contributed by atoms with van der Waals surface area (Å²) in [5, 5.41) is 9.11. The standard InChI is InChI=1S/C14H20O3S/c1-2-11-3-7-13(8-4-11)18(16,17)14-9-5-12(15)6-10-14/h3-4,7-8,12,14-15H,2,5-6,9-10H2,1H3. The predicted molar refractivity (Wildman–Crippen MR) is 71.3 cm³/mol. The smallest absolute Gasteiger partial charge is 0.181 e. The zero-order valence-corrected chi connectivity index (χ0v) is 11.5. The highest BCUT2D eigenvalue weighted by Crippen LogP contribution is 2.28. The summed E-state index contributed by atoms with van der Waals surface area (Å²) in [5.74, 6) is 0. The molecule has 0 radical (unpaired) electrons. The number of rotatable bonds is 3. The molecular weight excluding hydrogens is 248 g/mol. The molecule has 1 N–H and O–H groups in total. The number of hydrogen-bond donors (Lipinski definition) is 1. The average Bonchev–Trinajstić information content (AvgIpc) is 2.39. The lowest BCUT2D eigenvalue weighted by molar-refractivity contribution is 0.131. The molecule has 2 rings (SSSR count). The van der Waals surface area contributed by atoms with Gasteiger partial charge in [0, 0.05) is 0 Å². The van der Waals surface area contributed by atoms with Crippen LogP contribution in [0.4, 0.5) is 0 Å². The molecule has 1 aliphatic rings. The fourth-order valence-corrected chi connectivity index (χ4v) is 4.26. The third-order valence-corrected chi connectivity index (χ3v) is 6.02. The van der Waals surface area contributed by atoms with Gasteiger partial charge in [-0.1, -0.05) is 19.1 Å². The van der Waals surface area contributed by atoms with E-state index >= 15 is 0 Å². The molecule has 0 aliphatic heterocycles. The van der Waals surface area contributed by atoms with Gasteiger partial charge in [-0.2, -0.15) is 0 Å². The van der Waals surface area contributed by atoms with Gasteiger partial charge in [0.05, 0.1) is 16.2 Å². The third kappa shape index (κ3) is 2.75. The first-order valence-electron chi connectivity index (χ1n) is 6.55. The Hall–Kier alpha value is -0.870. The fraction of sp³-hybridized carbons (Fsp3) is 0.571. The van der Waals surface area contributed by atoms with Gasteiger partial charge in [-0.25, -0.2) is 8.42 Å². The molecule has 0 saturated heterocycles. The van der Waals surface area contributed by atoms with Crippen molar-refractivity contribution in [3.63, 3.8) is 0 Å². The highest BCUT2D eigenvalue weighted by molar-refractivity contribution is 7.92. The lowest BCUT2D eigenvalue weighted by atomic mass is 9.97. The van der Waals surface area contributed by atoms with E-state index in [4.69, 9.17) is 0 Å². The second-order valence-electron chi connectivity index (χ2n) is 4.97. The molecule has 1 aromatic rings. The molecule has 0 amide bonds. The van der Waals surface area contributed by atoms with Crippen LogP contribution in [0, 0.1) is 0 Å². The summed E-state index contributed by atoms with van der Waals surface area (Å²) < 4.78 is 24.8. The highest BCUT2D eigenvalue weighted by Gasteiger charge is 2.31. The molecule has 0 unspecified atom stereocenters. The number of aliphatic hydroxyl groups is 1. The summed E-state index contributed by atoms with van der Waals surface area (Å²) in [4.78, 5) is 0.418. The van der Waals surface area contributed by atoms with Gasteiger partial charge in [0.2, 0.25) is 0 Å². The van der Waals surface area contributed by atoms with Crippen molar-refractivity contribution in [3.05, 3.63) is 29.8 Å². The van der Waals surface area contributed by atoms with E-state index in [9.17, 15) is 13.5 Å². The molecule has 1 saturated carbocycles. The summed E-state index contributed by atoms with van der Waals surface area (Å²) in [7, 11) is -3.22. The van der Waals surface area contributed by atoms with E-state index in [1.54, 1.807) is 12.1 Å². The van der Waals surface area contributed by atoms with Crippen molar-refractivity contribution in [2.45, 2.75) is 55.3 Å². The average molecular weight is 268 g/mol. The second kappa shape index (κ2) is 5.41. The van der Waals surface area contributed by atoms with Crippen molar-refractivity contribution >= 4 is 9.84 Å². The summed E-state index contributed by atoms with van der Waals surface area (Å²) in [6.07, 6.45) is 2.92. The Balaban J connectivity index is 2.19. The third-order valence-electron chi connectivity index (χ3n) is 3.74. The van der Waals surface area contributed by atoms with Gasteiger partial charge < -0.3 is 5.11 Å². The fourth-order valence-electron chi connectivity index (χ4n) is 2.46. The number of benzene rings is 1. The van der Waals surface area contributed by atoms with Gasteiger partial charge in [-0.3, -0.25) is 0 Å². The first kappa shape index (κ1) is 13.6. The SMILES string of the molecule is CCc1ccc(S(=O)(=O)C2CCC(O)CC2)cc1. The number of aliphatic hydroxyl groups excluding tert-OH is 1. The van der Waals surface area contributed by atoms with Crippen molar-refractivity contribution in [3.8, 4) is 0 Å². The first-order valence-corrected chi connectivity index (χ1v) is 8.09. The molecule has 4 heteroatoms. The topological polar surface area (TPSA) is 54.4 Å². The maximum absolute atomic E-state index is 12.4. The lowest BCUT2D eigenvalue weighted by Crippen LogP contribution is -2.29. The number of aryl methyl sites for hydroxylation is 1. The van der Waals surface area contributed by atoms with E-state index in [0.29, 0.717) is 30.6 Å².